The van der Waals surface area contributed by atoms with Crippen LogP contribution in [0.4, 0.5) is 10.5 Å². The van der Waals surface area contributed by atoms with Gasteiger partial charge >= 0.3 is 12.0 Å². The van der Waals surface area contributed by atoms with Crippen LogP contribution in [-0.4, -0.2) is 42.2 Å². The largest absolute Gasteiger partial charge is 0.497 e. The molecule has 114 valence electrons. The van der Waals surface area contributed by atoms with Crippen LogP contribution in [0, 0.1) is 5.92 Å². The Balaban J connectivity index is 2.14. The van der Waals surface area contributed by atoms with Gasteiger partial charge in [0.1, 0.15) is 5.75 Å². The Morgan fingerprint density at radius 3 is 2.81 bits per heavy atom. The number of nitrogens with one attached hydrogen (secondary N) is 1. The van der Waals surface area contributed by atoms with E-state index in [-0.39, 0.29) is 17.3 Å². The van der Waals surface area contributed by atoms with Crippen molar-refractivity contribution >= 4 is 17.7 Å². The Hall–Kier alpha value is -2.24. The quantitative estimate of drug-likeness (QED) is 0.897. The zero-order valence-electron chi connectivity index (χ0n) is 12.3. The van der Waals surface area contributed by atoms with Gasteiger partial charge in [-0.1, -0.05) is 6.92 Å². The Kier molecular flexibility index (Phi) is 4.67. The molecule has 0 bridgehead atoms. The SMILES string of the molecule is COc1ccc(NC(=O)N2CCCC(C)C2)c(C(=O)O)c1. The van der Waals surface area contributed by atoms with Gasteiger partial charge in [0.25, 0.3) is 0 Å². The Labute approximate surface area is 123 Å². The van der Waals surface area contributed by atoms with E-state index in [0.29, 0.717) is 24.8 Å². The van der Waals surface area contributed by atoms with Crippen molar-refractivity contribution in [3.05, 3.63) is 23.8 Å². The molecule has 1 saturated heterocycles. The molecule has 1 aromatic rings. The van der Waals surface area contributed by atoms with Crippen LogP contribution >= 0.6 is 0 Å². The lowest BCUT2D eigenvalue weighted by Gasteiger charge is -2.31. The van der Waals surface area contributed by atoms with Crippen LogP contribution < -0.4 is 10.1 Å². The number of anilines is 1. The third-order valence-corrected chi connectivity index (χ3v) is 3.64. The highest BCUT2D eigenvalue weighted by Crippen LogP contribution is 2.23. The molecule has 0 radical (unpaired) electrons. The van der Waals surface area contributed by atoms with Crippen LogP contribution in [0.5, 0.6) is 5.75 Å². The second-order valence-electron chi connectivity index (χ2n) is 5.34. The lowest BCUT2D eigenvalue weighted by molar-refractivity contribution is 0.0697. The maximum absolute atomic E-state index is 12.2. The molecule has 0 saturated carbocycles. The van der Waals surface area contributed by atoms with Gasteiger partial charge in [-0.05, 0) is 37.0 Å². The molecule has 2 N–H and O–H groups in total. The molecule has 1 atom stereocenters. The van der Waals surface area contributed by atoms with Gasteiger partial charge in [0.2, 0.25) is 0 Å². The van der Waals surface area contributed by atoms with E-state index in [0.717, 1.165) is 12.8 Å². The van der Waals surface area contributed by atoms with E-state index in [4.69, 9.17) is 4.74 Å². The molecule has 0 spiro atoms. The molecule has 6 nitrogen and oxygen atoms in total. The van der Waals surface area contributed by atoms with Crippen LogP contribution in [0.15, 0.2) is 18.2 Å². The van der Waals surface area contributed by atoms with E-state index >= 15 is 0 Å². The number of nitrogens with zero attached hydrogens (tertiary/aromatic N) is 1. The van der Waals surface area contributed by atoms with Crippen molar-refractivity contribution in [2.75, 3.05) is 25.5 Å². The van der Waals surface area contributed by atoms with Crippen molar-refractivity contribution in [1.29, 1.82) is 0 Å². The molecule has 1 aliphatic rings. The molecule has 0 aromatic heterocycles. The first-order valence-electron chi connectivity index (χ1n) is 6.98. The van der Waals surface area contributed by atoms with Gasteiger partial charge in [-0.3, -0.25) is 0 Å². The normalized spacial score (nSPS) is 18.2. The van der Waals surface area contributed by atoms with Crippen molar-refractivity contribution < 1.29 is 19.4 Å². The number of methoxy groups -OCH3 is 1. The molecule has 1 aromatic carbocycles. The van der Waals surface area contributed by atoms with Gasteiger partial charge in [-0.25, -0.2) is 9.59 Å². The van der Waals surface area contributed by atoms with Crippen molar-refractivity contribution in [2.45, 2.75) is 19.8 Å². The summed E-state index contributed by atoms with van der Waals surface area (Å²) in [6.07, 6.45) is 2.09. The number of carbonyl (C=O) groups is 2. The summed E-state index contributed by atoms with van der Waals surface area (Å²) >= 11 is 0. The number of amides is 2. The van der Waals surface area contributed by atoms with Crippen molar-refractivity contribution in [3.8, 4) is 5.75 Å². The van der Waals surface area contributed by atoms with E-state index < -0.39 is 5.97 Å². The third-order valence-electron chi connectivity index (χ3n) is 3.64. The van der Waals surface area contributed by atoms with Gasteiger partial charge < -0.3 is 20.1 Å². The van der Waals surface area contributed by atoms with Gasteiger partial charge in [0, 0.05) is 13.1 Å². The minimum Gasteiger partial charge on any atom is -0.497 e. The van der Waals surface area contributed by atoms with E-state index in [1.807, 2.05) is 0 Å². The molecule has 1 aliphatic heterocycles. The minimum absolute atomic E-state index is 0.0211. The first-order valence-corrected chi connectivity index (χ1v) is 6.98. The van der Waals surface area contributed by atoms with E-state index in [2.05, 4.69) is 12.2 Å². The number of rotatable bonds is 3. The lowest BCUT2D eigenvalue weighted by Crippen LogP contribution is -2.41. The average molecular weight is 292 g/mol. The average Bonchev–Trinajstić information content (AvgIpc) is 2.47. The standard InChI is InChI=1S/C15H20N2O4/c1-10-4-3-7-17(9-10)15(20)16-13-6-5-11(21-2)8-12(13)14(18)19/h5-6,8,10H,3-4,7,9H2,1-2H3,(H,16,20)(H,18,19). The maximum Gasteiger partial charge on any atom is 0.337 e. The van der Waals surface area contributed by atoms with Crippen LogP contribution in [0.25, 0.3) is 0 Å². The summed E-state index contributed by atoms with van der Waals surface area (Å²) in [7, 11) is 1.47. The van der Waals surface area contributed by atoms with Gasteiger partial charge in [-0.2, -0.15) is 0 Å². The predicted octanol–water partition coefficient (Wildman–Crippen LogP) is 2.66. The highest BCUT2D eigenvalue weighted by atomic mass is 16.5. The number of carboxylic acid groups (broad SMARTS) is 1. The molecule has 0 aliphatic carbocycles. The third kappa shape index (κ3) is 3.65. The highest BCUT2D eigenvalue weighted by Gasteiger charge is 2.22. The second-order valence-corrected chi connectivity index (χ2v) is 5.34. The number of hydrogen-bond donors (Lipinski definition) is 2. The molecule has 6 heteroatoms. The number of benzene rings is 1. The van der Waals surface area contributed by atoms with Crippen molar-refractivity contribution in [2.24, 2.45) is 5.92 Å². The number of urea groups is 1. The maximum atomic E-state index is 12.2. The summed E-state index contributed by atoms with van der Waals surface area (Å²) in [5.41, 5.74) is 0.305. The smallest absolute Gasteiger partial charge is 0.337 e. The summed E-state index contributed by atoms with van der Waals surface area (Å²) < 4.78 is 5.01. The van der Waals surface area contributed by atoms with Crippen molar-refractivity contribution in [1.82, 2.24) is 4.90 Å². The Morgan fingerprint density at radius 2 is 2.19 bits per heavy atom. The summed E-state index contributed by atoms with van der Waals surface area (Å²) in [4.78, 5) is 25.2. The molecule has 2 amide bonds. The van der Waals surface area contributed by atoms with E-state index in [9.17, 15) is 14.7 Å². The van der Waals surface area contributed by atoms with Crippen molar-refractivity contribution in [3.63, 3.8) is 0 Å². The van der Waals surface area contributed by atoms with Crippen LogP contribution in [-0.2, 0) is 0 Å². The Morgan fingerprint density at radius 1 is 1.43 bits per heavy atom. The fraction of sp³-hybridized carbons (Fsp3) is 0.467. The number of ether oxygens (including phenoxy) is 1. The first-order chi connectivity index (χ1) is 10.0. The molecule has 21 heavy (non-hydrogen) atoms. The van der Waals surface area contributed by atoms with E-state index in [1.54, 1.807) is 17.0 Å². The van der Waals surface area contributed by atoms with Crippen LogP contribution in [0.3, 0.4) is 0 Å². The highest BCUT2D eigenvalue weighted by molar-refractivity contribution is 6.00. The van der Waals surface area contributed by atoms with Crippen LogP contribution in [0.1, 0.15) is 30.1 Å². The summed E-state index contributed by atoms with van der Waals surface area (Å²) in [6, 6.07) is 4.32. The number of piperidine rings is 1. The lowest BCUT2D eigenvalue weighted by atomic mass is 10.0. The number of likely N-dealkylation sites (tertiary alicyclic amines) is 1. The van der Waals surface area contributed by atoms with Crippen LogP contribution in [0.2, 0.25) is 0 Å². The first kappa shape index (κ1) is 15.2. The number of carboxylic acids is 1. The summed E-state index contributed by atoms with van der Waals surface area (Å²) in [6.45, 7) is 3.51. The molecular formula is C15H20N2O4. The fourth-order valence-electron chi connectivity index (χ4n) is 2.50. The number of hydrogen-bond acceptors (Lipinski definition) is 3. The topological polar surface area (TPSA) is 78.9 Å². The molecule has 1 heterocycles. The van der Waals surface area contributed by atoms with Gasteiger partial charge in [-0.15, -0.1) is 0 Å². The molecule has 1 fully saturated rings. The fourth-order valence-corrected chi connectivity index (χ4v) is 2.50. The summed E-state index contributed by atoms with van der Waals surface area (Å²) in [5.74, 6) is -0.187. The van der Waals surface area contributed by atoms with Gasteiger partial charge in [0.05, 0.1) is 18.4 Å². The minimum atomic E-state index is -1.10. The summed E-state index contributed by atoms with van der Waals surface area (Å²) in [5, 5.41) is 11.9. The van der Waals surface area contributed by atoms with E-state index in [1.165, 1.54) is 13.2 Å². The van der Waals surface area contributed by atoms with Gasteiger partial charge in [0.15, 0.2) is 0 Å². The zero-order valence-corrected chi connectivity index (χ0v) is 12.3. The number of carbonyl (C=O) groups excluding carboxylic acids is 1. The zero-order chi connectivity index (χ0) is 15.4. The molecular weight excluding hydrogens is 272 g/mol. The molecule has 2 rings (SSSR count). The molecule has 1 unspecified atom stereocenters. The predicted molar refractivity (Wildman–Crippen MR) is 78.9 cm³/mol. The Bertz CT molecular complexity index is 544. The monoisotopic (exact) mass is 292 g/mol. The number of aromatic carboxylic acids is 1. The second kappa shape index (κ2) is 6.47.